The second kappa shape index (κ2) is 6.30. The standard InChI is InChI=1S/C15H17F7O/c1-3-5-10-6-4-7-11(8-10)12(2,23)9-13(16,17)14(18,19)15(20,21)22/h4,6-8,23H,3,5,9H2,1-2H3. The number of aliphatic hydroxyl groups is 1. The van der Waals surface area contributed by atoms with Gasteiger partial charge in [0.1, 0.15) is 0 Å². The fourth-order valence-electron chi connectivity index (χ4n) is 2.20. The Bertz CT molecular complexity index is 535. The summed E-state index contributed by atoms with van der Waals surface area (Å²) in [5.74, 6) is -11.7. The maximum Gasteiger partial charge on any atom is 0.459 e. The molecule has 1 atom stereocenters. The zero-order chi connectivity index (χ0) is 18.1. The van der Waals surface area contributed by atoms with Gasteiger partial charge in [0.25, 0.3) is 0 Å². The van der Waals surface area contributed by atoms with Crippen LogP contribution in [0.25, 0.3) is 0 Å². The monoisotopic (exact) mass is 346 g/mol. The van der Waals surface area contributed by atoms with Gasteiger partial charge in [0.15, 0.2) is 0 Å². The van der Waals surface area contributed by atoms with Crippen molar-refractivity contribution in [2.24, 2.45) is 0 Å². The molecule has 23 heavy (non-hydrogen) atoms. The maximum atomic E-state index is 13.5. The molecule has 0 heterocycles. The van der Waals surface area contributed by atoms with Crippen molar-refractivity contribution >= 4 is 0 Å². The fraction of sp³-hybridized carbons (Fsp3) is 0.600. The number of hydrogen-bond acceptors (Lipinski definition) is 1. The highest BCUT2D eigenvalue weighted by Gasteiger charge is 2.73. The number of halogens is 7. The molecule has 132 valence electrons. The second-order valence-corrected chi connectivity index (χ2v) is 5.68. The molecule has 1 nitrogen and oxygen atoms in total. The third-order valence-corrected chi connectivity index (χ3v) is 3.47. The van der Waals surface area contributed by atoms with E-state index in [1.807, 2.05) is 6.92 Å². The van der Waals surface area contributed by atoms with E-state index >= 15 is 0 Å². The van der Waals surface area contributed by atoms with Gasteiger partial charge in [0.05, 0.1) is 12.0 Å². The van der Waals surface area contributed by atoms with E-state index in [9.17, 15) is 35.8 Å². The Kier molecular flexibility index (Phi) is 5.40. The highest BCUT2D eigenvalue weighted by molar-refractivity contribution is 5.28. The molecule has 1 unspecified atom stereocenters. The molecule has 1 aromatic carbocycles. The van der Waals surface area contributed by atoms with E-state index in [1.54, 1.807) is 6.07 Å². The van der Waals surface area contributed by atoms with Crippen LogP contribution < -0.4 is 0 Å². The van der Waals surface area contributed by atoms with Crippen LogP contribution in [0.5, 0.6) is 0 Å². The smallest absolute Gasteiger partial charge is 0.385 e. The Labute approximate surface area is 129 Å². The van der Waals surface area contributed by atoms with Crippen LogP contribution in [-0.4, -0.2) is 23.1 Å². The predicted octanol–water partition coefficient (Wildman–Crippen LogP) is 5.07. The molecule has 0 aliphatic heterocycles. The van der Waals surface area contributed by atoms with E-state index in [4.69, 9.17) is 0 Å². The van der Waals surface area contributed by atoms with Gasteiger partial charge in [0, 0.05) is 0 Å². The van der Waals surface area contributed by atoms with Gasteiger partial charge in [-0.3, -0.25) is 0 Å². The van der Waals surface area contributed by atoms with E-state index in [2.05, 4.69) is 0 Å². The van der Waals surface area contributed by atoms with Crippen molar-refractivity contribution in [3.8, 4) is 0 Å². The van der Waals surface area contributed by atoms with E-state index in [1.165, 1.54) is 18.2 Å². The van der Waals surface area contributed by atoms with Gasteiger partial charge in [-0.2, -0.15) is 30.7 Å². The SMILES string of the molecule is CCCc1cccc(C(C)(O)CC(F)(F)C(F)(F)C(F)(F)F)c1. The normalized spacial score (nSPS) is 16.3. The molecule has 1 rings (SSSR count). The lowest BCUT2D eigenvalue weighted by molar-refractivity contribution is -0.361. The quantitative estimate of drug-likeness (QED) is 0.713. The van der Waals surface area contributed by atoms with Gasteiger partial charge in [-0.15, -0.1) is 0 Å². The van der Waals surface area contributed by atoms with Gasteiger partial charge in [-0.1, -0.05) is 37.6 Å². The highest BCUT2D eigenvalue weighted by atomic mass is 19.4. The van der Waals surface area contributed by atoms with Crippen molar-refractivity contribution in [2.75, 3.05) is 0 Å². The maximum absolute atomic E-state index is 13.5. The first-order chi connectivity index (χ1) is 10.2. The van der Waals surface area contributed by atoms with Crippen molar-refractivity contribution < 1.29 is 35.8 Å². The van der Waals surface area contributed by atoms with Gasteiger partial charge < -0.3 is 5.11 Å². The topological polar surface area (TPSA) is 20.2 Å². The van der Waals surface area contributed by atoms with Crippen LogP contribution >= 0.6 is 0 Å². The van der Waals surface area contributed by atoms with Crippen LogP contribution in [0.3, 0.4) is 0 Å². The largest absolute Gasteiger partial charge is 0.459 e. The van der Waals surface area contributed by atoms with Crippen molar-refractivity contribution in [3.05, 3.63) is 35.4 Å². The first kappa shape index (κ1) is 19.7. The molecular weight excluding hydrogens is 329 g/mol. The minimum atomic E-state index is -6.41. The van der Waals surface area contributed by atoms with Crippen LogP contribution in [-0.2, 0) is 12.0 Å². The van der Waals surface area contributed by atoms with Crippen molar-refractivity contribution in [1.82, 2.24) is 0 Å². The lowest BCUT2D eigenvalue weighted by atomic mass is 9.86. The predicted molar refractivity (Wildman–Crippen MR) is 70.6 cm³/mol. The van der Waals surface area contributed by atoms with Crippen molar-refractivity contribution in [2.45, 2.75) is 56.7 Å². The molecular formula is C15H17F7O. The van der Waals surface area contributed by atoms with E-state index in [-0.39, 0.29) is 5.56 Å². The molecule has 0 spiro atoms. The summed E-state index contributed by atoms with van der Waals surface area (Å²) in [7, 11) is 0. The summed E-state index contributed by atoms with van der Waals surface area (Å²) in [4.78, 5) is 0. The van der Waals surface area contributed by atoms with Crippen molar-refractivity contribution in [3.63, 3.8) is 0 Å². The van der Waals surface area contributed by atoms with Gasteiger partial charge in [-0.05, 0) is 24.5 Å². The second-order valence-electron chi connectivity index (χ2n) is 5.68. The third-order valence-electron chi connectivity index (χ3n) is 3.47. The molecule has 8 heteroatoms. The summed E-state index contributed by atoms with van der Waals surface area (Å²) in [6.07, 6.45) is -7.19. The molecule has 0 radical (unpaired) electrons. The van der Waals surface area contributed by atoms with Crippen molar-refractivity contribution in [1.29, 1.82) is 0 Å². The molecule has 1 aromatic rings. The zero-order valence-electron chi connectivity index (χ0n) is 12.5. The average Bonchev–Trinajstić information content (AvgIpc) is 2.36. The number of benzene rings is 1. The molecule has 0 fully saturated rings. The molecule has 0 amide bonds. The number of hydrogen-bond donors (Lipinski definition) is 1. The van der Waals surface area contributed by atoms with E-state index in [0.29, 0.717) is 18.4 Å². The Balaban J connectivity index is 3.12. The molecule has 0 bridgehead atoms. The highest BCUT2D eigenvalue weighted by Crippen LogP contribution is 2.50. The summed E-state index contributed by atoms with van der Waals surface area (Å²) in [5, 5.41) is 10.1. The minimum absolute atomic E-state index is 0.138. The Morgan fingerprint density at radius 1 is 1.00 bits per heavy atom. The number of alkyl halides is 7. The summed E-state index contributed by atoms with van der Waals surface area (Å²) in [5.41, 5.74) is -2.01. The summed E-state index contributed by atoms with van der Waals surface area (Å²) < 4.78 is 89.4. The van der Waals surface area contributed by atoms with E-state index < -0.39 is 30.0 Å². The van der Waals surface area contributed by atoms with Crippen LogP contribution in [0.15, 0.2) is 24.3 Å². The molecule has 0 aromatic heterocycles. The number of rotatable bonds is 6. The average molecular weight is 346 g/mol. The van der Waals surface area contributed by atoms with E-state index in [0.717, 1.165) is 6.92 Å². The van der Waals surface area contributed by atoms with Gasteiger partial charge >= 0.3 is 18.0 Å². The molecule has 0 aliphatic carbocycles. The summed E-state index contributed by atoms with van der Waals surface area (Å²) >= 11 is 0. The Morgan fingerprint density at radius 2 is 1.57 bits per heavy atom. The number of aryl methyl sites for hydroxylation is 1. The van der Waals surface area contributed by atoms with Crippen LogP contribution in [0.1, 0.15) is 37.8 Å². The lowest BCUT2D eigenvalue weighted by Crippen LogP contribution is -2.54. The minimum Gasteiger partial charge on any atom is -0.385 e. The Morgan fingerprint density at radius 3 is 2.04 bits per heavy atom. The lowest BCUT2D eigenvalue weighted by Gasteiger charge is -2.34. The fourth-order valence-corrected chi connectivity index (χ4v) is 2.20. The zero-order valence-corrected chi connectivity index (χ0v) is 12.5. The summed E-state index contributed by atoms with van der Waals surface area (Å²) in [6, 6.07) is 5.60. The molecule has 1 N–H and O–H groups in total. The Hall–Kier alpha value is -1.31. The van der Waals surface area contributed by atoms with Gasteiger partial charge in [0.2, 0.25) is 0 Å². The van der Waals surface area contributed by atoms with Gasteiger partial charge in [-0.25, -0.2) is 0 Å². The first-order valence-electron chi connectivity index (χ1n) is 6.89. The van der Waals surface area contributed by atoms with Crippen LogP contribution in [0.2, 0.25) is 0 Å². The summed E-state index contributed by atoms with van der Waals surface area (Å²) in [6.45, 7) is 2.64. The molecule has 0 saturated heterocycles. The molecule has 0 aliphatic rings. The first-order valence-corrected chi connectivity index (χ1v) is 6.89. The van der Waals surface area contributed by atoms with Crippen LogP contribution in [0, 0.1) is 0 Å². The third kappa shape index (κ3) is 4.16. The molecule has 0 saturated carbocycles. The van der Waals surface area contributed by atoms with Crippen LogP contribution in [0.4, 0.5) is 30.7 Å².